The van der Waals surface area contributed by atoms with Crippen molar-refractivity contribution in [1.29, 1.82) is 0 Å². The summed E-state index contributed by atoms with van der Waals surface area (Å²) in [5, 5.41) is 4.55. The zero-order chi connectivity index (χ0) is 60.3. The third kappa shape index (κ3) is 10.2. The van der Waals surface area contributed by atoms with Crippen LogP contribution < -0.4 is 0 Å². The number of methoxy groups -OCH3 is 2. The molecule has 1 aliphatic heterocycles. The Morgan fingerprint density at radius 1 is 0.346 bits per heavy atom. The van der Waals surface area contributed by atoms with E-state index in [4.69, 9.17) is 14.2 Å². The number of hydrogen-bond donors (Lipinski definition) is 0. The van der Waals surface area contributed by atoms with Crippen LogP contribution in [0.3, 0.4) is 0 Å². The Morgan fingerprint density at radius 2 is 0.556 bits per heavy atom. The van der Waals surface area contributed by atoms with Crippen molar-refractivity contribution in [1.82, 2.24) is 0 Å². The van der Waals surface area contributed by atoms with Crippen LogP contribution in [-0.4, -0.2) is 58.1 Å². The molecule has 1 fully saturated rings. The van der Waals surface area contributed by atoms with Gasteiger partial charge in [0, 0.05) is 36.5 Å². The molecule has 1 saturated heterocycles. The Labute approximate surface area is 498 Å². The second-order valence-electron chi connectivity index (χ2n) is 28.4. The first-order valence-corrected chi connectivity index (χ1v) is 40.3. The quantitative estimate of drug-likeness (QED) is 0.0930. The number of benzene rings is 4. The third-order valence-electron chi connectivity index (χ3n) is 21.4. The predicted molar refractivity (Wildman–Crippen MR) is 364 cm³/mol. The molecular formula is C74H104O3Si4. The van der Waals surface area contributed by atoms with Crippen molar-refractivity contribution >= 4 is 66.0 Å². The van der Waals surface area contributed by atoms with E-state index in [1.165, 1.54) is 0 Å². The van der Waals surface area contributed by atoms with Gasteiger partial charge in [0.2, 0.25) is 0 Å². The molecule has 4 atom stereocenters. The van der Waals surface area contributed by atoms with Crippen LogP contribution >= 0.6 is 0 Å². The van der Waals surface area contributed by atoms with Gasteiger partial charge in [0.15, 0.2) is 11.6 Å². The zero-order valence-corrected chi connectivity index (χ0v) is 59.2. The summed E-state index contributed by atoms with van der Waals surface area (Å²) in [7, 11) is -5.37. The zero-order valence-electron chi connectivity index (χ0n) is 55.2. The maximum Gasteiger partial charge on any atom is 0.199 e. The van der Waals surface area contributed by atoms with E-state index in [2.05, 4.69) is 285 Å². The molecule has 7 heteroatoms. The highest BCUT2D eigenvalue weighted by Gasteiger charge is 2.66. The van der Waals surface area contributed by atoms with Crippen molar-refractivity contribution in [2.24, 2.45) is 0 Å². The fourth-order valence-corrected chi connectivity index (χ4v) is 38.5. The van der Waals surface area contributed by atoms with Crippen molar-refractivity contribution < 1.29 is 14.2 Å². The second kappa shape index (κ2) is 24.1. The first-order valence-electron chi connectivity index (χ1n) is 31.4. The summed E-state index contributed by atoms with van der Waals surface area (Å²) in [5.74, 6) is 13.2. The van der Waals surface area contributed by atoms with Gasteiger partial charge in [-0.3, -0.25) is 0 Å². The highest BCUT2D eigenvalue weighted by Crippen LogP contribution is 2.65. The third-order valence-corrected chi connectivity index (χ3v) is 46.6. The molecule has 4 unspecified atom stereocenters. The fourth-order valence-electron chi connectivity index (χ4n) is 17.6. The molecule has 4 aromatic rings. The van der Waals surface area contributed by atoms with Gasteiger partial charge in [-0.25, -0.2) is 0 Å². The molecule has 4 aromatic carbocycles. The SMILES string of the molecule is COC12C=Cc3c(c(C#C[Si](C(C)C)(C(C)C)C(C)C)c4ccccc4c3C#C[Si](C(C)C)(C(C)C)C(C)C)C1C1c3c(c(C#C[Si](C(C)C)(C(C)C)C(C)C)c4ccccc4c3C#C[Si](C(C)C)(C(C)C)C(C)C)C=CC1(OC)O2. The Kier molecular flexibility index (Phi) is 19.2. The summed E-state index contributed by atoms with van der Waals surface area (Å²) in [6.07, 6.45) is 8.96. The summed E-state index contributed by atoms with van der Waals surface area (Å²) in [4.78, 5) is 0. The normalized spacial score (nSPS) is 20.0. The van der Waals surface area contributed by atoms with Crippen LogP contribution in [0.4, 0.5) is 0 Å². The molecule has 434 valence electrons. The van der Waals surface area contributed by atoms with E-state index >= 15 is 0 Å². The Balaban J connectivity index is 1.80. The highest BCUT2D eigenvalue weighted by atomic mass is 28.3. The van der Waals surface area contributed by atoms with Gasteiger partial charge in [-0.2, -0.15) is 0 Å². The van der Waals surface area contributed by atoms with Crippen LogP contribution in [-0.2, 0) is 14.2 Å². The molecule has 0 bridgehead atoms. The largest absolute Gasteiger partial charge is 0.349 e. The van der Waals surface area contributed by atoms with Crippen LogP contribution in [0.15, 0.2) is 60.7 Å². The van der Waals surface area contributed by atoms with Crippen LogP contribution in [0.1, 0.15) is 223 Å². The van der Waals surface area contributed by atoms with E-state index in [0.717, 1.165) is 66.1 Å². The maximum absolute atomic E-state index is 7.75. The second-order valence-corrected chi connectivity index (χ2v) is 50.7. The number of rotatable bonds is 14. The molecule has 3 nitrogen and oxygen atoms in total. The van der Waals surface area contributed by atoms with Gasteiger partial charge in [-0.1, -0.05) is 251 Å². The van der Waals surface area contributed by atoms with E-state index in [1.54, 1.807) is 0 Å². The molecule has 0 spiro atoms. The van der Waals surface area contributed by atoms with Gasteiger partial charge in [0.05, 0.1) is 11.8 Å². The smallest absolute Gasteiger partial charge is 0.199 e. The van der Waals surface area contributed by atoms with E-state index < -0.39 is 55.7 Å². The summed E-state index contributed by atoms with van der Waals surface area (Å²) in [6.45, 7) is 58.0. The molecule has 81 heavy (non-hydrogen) atoms. The number of hydrogen-bond acceptors (Lipinski definition) is 3. The molecule has 0 radical (unpaired) electrons. The van der Waals surface area contributed by atoms with Crippen molar-refractivity contribution in [2.75, 3.05) is 14.2 Å². The topological polar surface area (TPSA) is 27.7 Å². The molecule has 0 N–H and O–H groups in total. The molecule has 2 aliphatic carbocycles. The lowest BCUT2D eigenvalue weighted by atomic mass is 9.65. The van der Waals surface area contributed by atoms with Crippen LogP contribution in [0.5, 0.6) is 0 Å². The number of fused-ring (bicyclic) bond motifs is 9. The van der Waals surface area contributed by atoms with Crippen molar-refractivity contribution in [2.45, 2.75) is 256 Å². The minimum Gasteiger partial charge on any atom is -0.349 e. The Morgan fingerprint density at radius 3 is 0.765 bits per heavy atom. The standard InChI is InChI=1S/C74H104O3Si4/c1-47(2)78(48(3)4,49(5)6)43-37-63-59-31-27-29-33-61(59)67(39-45-80(53(13)14,54(15)16)55(17)18)69-65(63)35-41-73(75-25)71(69)72-70-66(36-42-74(72,76-26)77-73)64(38-44-79(50(7)8,51(9)10)52(11)12)60-32-28-30-34-62(60)68(70)40-46-81(56(19)20,57(21)22)58(23)24/h27-36,41-42,47-58,71-72H,1-26H3. The monoisotopic (exact) mass is 1150 g/mol. The van der Waals surface area contributed by atoms with Crippen molar-refractivity contribution in [3.8, 4) is 45.9 Å². The minimum atomic E-state index is -2.29. The van der Waals surface area contributed by atoms with Gasteiger partial charge in [0.25, 0.3) is 0 Å². The summed E-state index contributed by atoms with van der Waals surface area (Å²) < 4.78 is 21.9. The van der Waals surface area contributed by atoms with Gasteiger partial charge in [-0.05, 0) is 122 Å². The van der Waals surface area contributed by atoms with Gasteiger partial charge in [-0.15, -0.1) is 22.2 Å². The van der Waals surface area contributed by atoms with Gasteiger partial charge < -0.3 is 14.2 Å². The van der Waals surface area contributed by atoms with E-state index in [-0.39, 0.29) is 0 Å². The highest BCUT2D eigenvalue weighted by molar-refractivity contribution is 6.92. The van der Waals surface area contributed by atoms with Crippen molar-refractivity contribution in [3.63, 3.8) is 0 Å². The summed E-state index contributed by atoms with van der Waals surface area (Å²) >= 11 is 0. The predicted octanol–water partition coefficient (Wildman–Crippen LogP) is 20.9. The molecule has 0 aromatic heterocycles. The molecular weight excluding hydrogens is 1050 g/mol. The van der Waals surface area contributed by atoms with E-state index in [0.29, 0.717) is 66.5 Å². The van der Waals surface area contributed by atoms with Crippen LogP contribution in [0.25, 0.3) is 33.7 Å². The molecule has 3 aliphatic rings. The lowest BCUT2D eigenvalue weighted by molar-refractivity contribution is -0.271. The average molecular weight is 1150 g/mol. The first kappa shape index (κ1) is 64.4. The minimum absolute atomic E-state index is 0.443. The average Bonchev–Trinajstić information content (AvgIpc) is 3.73. The molecule has 0 saturated carbocycles. The van der Waals surface area contributed by atoms with Gasteiger partial charge >= 0.3 is 0 Å². The maximum atomic E-state index is 7.75. The van der Waals surface area contributed by atoms with Crippen molar-refractivity contribution in [3.05, 3.63) is 105 Å². The first-order chi connectivity index (χ1) is 37.9. The lowest BCUT2D eigenvalue weighted by Crippen LogP contribution is -2.43. The van der Waals surface area contributed by atoms with Crippen LogP contribution in [0.2, 0.25) is 66.5 Å². The molecule has 7 rings (SSSR count). The molecule has 0 amide bonds. The van der Waals surface area contributed by atoms with Crippen LogP contribution in [0, 0.1) is 45.9 Å². The number of ether oxygens (including phenoxy) is 3. The van der Waals surface area contributed by atoms with E-state index in [1.807, 2.05) is 14.2 Å². The molecule has 1 heterocycles. The Hall–Kier alpha value is -4.13. The summed E-state index contributed by atoms with van der Waals surface area (Å²) in [6, 6.07) is 18.0. The van der Waals surface area contributed by atoms with E-state index in [9.17, 15) is 0 Å². The lowest BCUT2D eigenvalue weighted by Gasteiger charge is -2.40. The summed E-state index contributed by atoms with van der Waals surface area (Å²) in [5.41, 5.74) is 31.2. The Bertz CT molecular complexity index is 3030. The van der Waals surface area contributed by atoms with Gasteiger partial charge in [0.1, 0.15) is 32.3 Å². The fraction of sp³-hybridized carbons (Fsp3) is 0.568.